The molecule has 0 fully saturated rings. The maximum atomic E-state index is 13.8. The number of carbonyl (C=O) groups is 1. The quantitative estimate of drug-likeness (QED) is 0.644. The van der Waals surface area contributed by atoms with Crippen LogP contribution in [0.1, 0.15) is 16.1 Å². The van der Waals surface area contributed by atoms with Gasteiger partial charge in [0, 0.05) is 24.5 Å². The van der Waals surface area contributed by atoms with Crippen LogP contribution < -0.4 is 10.1 Å². The zero-order chi connectivity index (χ0) is 20.3. The van der Waals surface area contributed by atoms with E-state index in [0.717, 1.165) is 12.1 Å². The number of anilines is 1. The van der Waals surface area contributed by atoms with Crippen molar-refractivity contribution in [3.05, 3.63) is 77.9 Å². The molecule has 0 saturated carbocycles. The molecule has 2 aromatic heterocycles. The Balaban J connectivity index is 2.00. The number of nitrogens with one attached hydrogen (secondary N) is 1. The first-order chi connectivity index (χ1) is 13.2. The fourth-order valence-corrected chi connectivity index (χ4v) is 2.16. The monoisotopic (exact) mass is 395 g/mol. The second-order valence-electron chi connectivity index (χ2n) is 5.44. The maximum Gasteiger partial charge on any atom is 0.433 e. The number of ether oxygens (including phenoxy) is 1. The molecule has 0 aliphatic carbocycles. The largest absolute Gasteiger partial charge is 0.453 e. The van der Waals surface area contributed by atoms with Gasteiger partial charge in [0.1, 0.15) is 22.8 Å². The molecule has 28 heavy (non-hydrogen) atoms. The number of amides is 1. The number of alkyl halides is 3. The Morgan fingerprint density at radius 1 is 1.04 bits per heavy atom. The van der Waals surface area contributed by atoms with Gasteiger partial charge in [-0.15, -0.1) is 0 Å². The van der Waals surface area contributed by atoms with Crippen molar-refractivity contribution in [3.8, 4) is 11.5 Å². The summed E-state index contributed by atoms with van der Waals surface area (Å²) in [4.78, 5) is 19.4. The van der Waals surface area contributed by atoms with Gasteiger partial charge in [0.15, 0.2) is 11.6 Å². The first-order valence-corrected chi connectivity index (χ1v) is 7.65. The van der Waals surface area contributed by atoms with Crippen LogP contribution in [0.4, 0.5) is 27.6 Å². The zero-order valence-corrected chi connectivity index (χ0v) is 13.8. The van der Waals surface area contributed by atoms with E-state index in [-0.39, 0.29) is 11.3 Å². The van der Waals surface area contributed by atoms with Crippen LogP contribution in [0.5, 0.6) is 11.5 Å². The second kappa shape index (κ2) is 7.59. The summed E-state index contributed by atoms with van der Waals surface area (Å²) in [6, 6.07) is 5.74. The van der Waals surface area contributed by atoms with Crippen LogP contribution in [0.15, 0.2) is 55.0 Å². The molecule has 0 spiro atoms. The summed E-state index contributed by atoms with van der Waals surface area (Å²) in [5.41, 5.74) is -1.46. The third-order valence-corrected chi connectivity index (χ3v) is 3.43. The highest BCUT2D eigenvalue weighted by molar-refractivity contribution is 6.06. The van der Waals surface area contributed by atoms with E-state index in [0.29, 0.717) is 18.3 Å². The van der Waals surface area contributed by atoms with Crippen LogP contribution in [-0.2, 0) is 6.18 Å². The van der Waals surface area contributed by atoms with E-state index in [1.807, 2.05) is 0 Å². The van der Waals surface area contributed by atoms with Crippen LogP contribution in [0.3, 0.4) is 0 Å². The minimum atomic E-state index is -4.82. The van der Waals surface area contributed by atoms with Gasteiger partial charge in [-0.25, -0.2) is 8.78 Å². The summed E-state index contributed by atoms with van der Waals surface area (Å²) in [5.74, 6) is -4.06. The summed E-state index contributed by atoms with van der Waals surface area (Å²) in [7, 11) is 0. The van der Waals surface area contributed by atoms with E-state index in [1.165, 1.54) is 24.5 Å². The smallest absolute Gasteiger partial charge is 0.433 e. The predicted octanol–water partition coefficient (Wildman–Crippen LogP) is 4.82. The minimum absolute atomic E-state index is 0.270. The summed E-state index contributed by atoms with van der Waals surface area (Å²) >= 11 is 0. The number of rotatable bonds is 4. The van der Waals surface area contributed by atoms with Crippen LogP contribution in [-0.4, -0.2) is 15.9 Å². The molecule has 0 saturated heterocycles. The molecule has 1 aromatic carbocycles. The molecule has 0 bridgehead atoms. The van der Waals surface area contributed by atoms with E-state index < -0.39 is 40.9 Å². The predicted molar refractivity (Wildman–Crippen MR) is 87.9 cm³/mol. The van der Waals surface area contributed by atoms with Gasteiger partial charge < -0.3 is 10.1 Å². The highest BCUT2D eigenvalue weighted by Crippen LogP contribution is 2.34. The summed E-state index contributed by atoms with van der Waals surface area (Å²) in [6.45, 7) is 0. The summed E-state index contributed by atoms with van der Waals surface area (Å²) in [6.07, 6.45) is -1.39. The first kappa shape index (κ1) is 19.2. The standard InChI is InChI=1S/C18H10F5N3O2/c19-10-3-4-14(13(20)6-10)28-15-7-16(18(21,22)23)25-9-12(15)17(27)26-11-2-1-5-24-8-11/h1-9H,(H,26,27). The highest BCUT2D eigenvalue weighted by Gasteiger charge is 2.34. The lowest BCUT2D eigenvalue weighted by Crippen LogP contribution is -2.16. The van der Waals surface area contributed by atoms with Crippen molar-refractivity contribution in [1.82, 2.24) is 9.97 Å². The lowest BCUT2D eigenvalue weighted by atomic mass is 10.2. The minimum Gasteiger partial charge on any atom is -0.453 e. The van der Waals surface area contributed by atoms with Crippen molar-refractivity contribution in [2.24, 2.45) is 0 Å². The van der Waals surface area contributed by atoms with Crippen molar-refractivity contribution >= 4 is 11.6 Å². The Morgan fingerprint density at radius 2 is 1.82 bits per heavy atom. The number of nitrogens with zero attached hydrogens (tertiary/aromatic N) is 2. The first-order valence-electron chi connectivity index (χ1n) is 7.65. The summed E-state index contributed by atoms with van der Waals surface area (Å²) < 4.78 is 70.9. The molecule has 3 rings (SSSR count). The Labute approximate surface area is 154 Å². The molecular formula is C18H10F5N3O2. The van der Waals surface area contributed by atoms with Gasteiger partial charge in [-0.05, 0) is 24.3 Å². The van der Waals surface area contributed by atoms with Crippen molar-refractivity contribution in [2.45, 2.75) is 6.18 Å². The van der Waals surface area contributed by atoms with Crippen molar-refractivity contribution < 1.29 is 31.5 Å². The molecule has 144 valence electrons. The molecule has 0 aliphatic heterocycles. The van der Waals surface area contributed by atoms with E-state index in [4.69, 9.17) is 4.74 Å². The number of aromatic nitrogens is 2. The van der Waals surface area contributed by atoms with Gasteiger partial charge in [-0.3, -0.25) is 14.8 Å². The third kappa shape index (κ3) is 4.40. The Hall–Kier alpha value is -3.56. The molecule has 2 heterocycles. The van der Waals surface area contributed by atoms with Crippen LogP contribution >= 0.6 is 0 Å². The van der Waals surface area contributed by atoms with Crippen LogP contribution in [0, 0.1) is 11.6 Å². The number of pyridine rings is 2. The molecule has 3 aromatic rings. The number of hydrogen-bond acceptors (Lipinski definition) is 4. The van der Waals surface area contributed by atoms with E-state index in [2.05, 4.69) is 15.3 Å². The Bertz CT molecular complexity index is 1010. The summed E-state index contributed by atoms with van der Waals surface area (Å²) in [5, 5.41) is 2.41. The van der Waals surface area contributed by atoms with Crippen molar-refractivity contribution in [2.75, 3.05) is 5.32 Å². The van der Waals surface area contributed by atoms with Gasteiger partial charge in [0.2, 0.25) is 0 Å². The zero-order valence-electron chi connectivity index (χ0n) is 13.8. The fourth-order valence-electron chi connectivity index (χ4n) is 2.16. The van der Waals surface area contributed by atoms with Gasteiger partial charge in [-0.1, -0.05) is 0 Å². The molecule has 1 N–H and O–H groups in total. The molecule has 10 heteroatoms. The number of hydrogen-bond donors (Lipinski definition) is 1. The van der Waals surface area contributed by atoms with Gasteiger partial charge >= 0.3 is 6.18 Å². The number of benzene rings is 1. The Morgan fingerprint density at radius 3 is 2.46 bits per heavy atom. The van der Waals surface area contributed by atoms with E-state index in [9.17, 15) is 26.7 Å². The highest BCUT2D eigenvalue weighted by atomic mass is 19.4. The average Bonchev–Trinajstić information content (AvgIpc) is 2.64. The Kier molecular flexibility index (Phi) is 5.21. The lowest BCUT2D eigenvalue weighted by molar-refractivity contribution is -0.141. The normalized spacial score (nSPS) is 11.2. The van der Waals surface area contributed by atoms with Crippen molar-refractivity contribution in [3.63, 3.8) is 0 Å². The molecule has 0 atom stereocenters. The SMILES string of the molecule is O=C(Nc1cccnc1)c1cnc(C(F)(F)F)cc1Oc1ccc(F)cc1F. The van der Waals surface area contributed by atoms with E-state index >= 15 is 0 Å². The average molecular weight is 395 g/mol. The lowest BCUT2D eigenvalue weighted by Gasteiger charge is -2.14. The topological polar surface area (TPSA) is 64.1 Å². The number of carbonyl (C=O) groups excluding carboxylic acids is 1. The third-order valence-electron chi connectivity index (χ3n) is 3.43. The van der Waals surface area contributed by atoms with Gasteiger partial charge in [-0.2, -0.15) is 13.2 Å². The van der Waals surface area contributed by atoms with Gasteiger partial charge in [0.25, 0.3) is 5.91 Å². The second-order valence-corrected chi connectivity index (χ2v) is 5.44. The molecule has 0 aliphatic rings. The van der Waals surface area contributed by atoms with Crippen molar-refractivity contribution in [1.29, 1.82) is 0 Å². The van der Waals surface area contributed by atoms with E-state index in [1.54, 1.807) is 0 Å². The molecule has 1 amide bonds. The fraction of sp³-hybridized carbons (Fsp3) is 0.0556. The van der Waals surface area contributed by atoms with Crippen LogP contribution in [0.25, 0.3) is 0 Å². The van der Waals surface area contributed by atoms with Gasteiger partial charge in [0.05, 0.1) is 11.9 Å². The molecule has 0 unspecified atom stereocenters. The molecule has 0 radical (unpaired) electrons. The molecule has 5 nitrogen and oxygen atoms in total. The number of halogens is 5. The molecular weight excluding hydrogens is 385 g/mol. The van der Waals surface area contributed by atoms with Crippen LogP contribution in [0.2, 0.25) is 0 Å². The maximum absolute atomic E-state index is 13.8.